The first-order valence-electron chi connectivity index (χ1n) is 5.99. The Morgan fingerprint density at radius 2 is 1.90 bits per heavy atom. The van der Waals surface area contributed by atoms with Gasteiger partial charge in [-0.2, -0.15) is 0 Å². The van der Waals surface area contributed by atoms with Crippen LogP contribution in [0.25, 0.3) is 0 Å². The van der Waals surface area contributed by atoms with Gasteiger partial charge in [0.05, 0.1) is 23.6 Å². The highest BCUT2D eigenvalue weighted by atomic mass is 16.5. The van der Waals surface area contributed by atoms with Crippen LogP contribution < -0.4 is 4.74 Å². The fraction of sp³-hybridized carbons (Fsp3) is 0.133. The molecule has 1 aromatic carbocycles. The van der Waals surface area contributed by atoms with E-state index >= 15 is 0 Å². The molecule has 0 spiro atoms. The van der Waals surface area contributed by atoms with Crippen molar-refractivity contribution in [2.24, 2.45) is 0 Å². The Morgan fingerprint density at radius 3 is 2.60 bits per heavy atom. The topological polar surface area (TPSA) is 76.5 Å². The number of carbonyl (C=O) groups is 2. The minimum absolute atomic E-state index is 0.145. The maximum absolute atomic E-state index is 10.9. The van der Waals surface area contributed by atoms with Gasteiger partial charge in [-0.1, -0.05) is 12.1 Å². The molecule has 0 aliphatic rings. The smallest absolute Gasteiger partial charge is 0.153 e. The molecule has 1 aromatic heterocycles. The number of aliphatic hydroxyl groups is 1. The Bertz CT molecular complexity index is 625. The minimum atomic E-state index is -0.145. The van der Waals surface area contributed by atoms with Gasteiger partial charge in [-0.15, -0.1) is 0 Å². The summed E-state index contributed by atoms with van der Waals surface area (Å²) >= 11 is 0. The third-order valence-corrected chi connectivity index (χ3v) is 2.70. The molecule has 0 amide bonds. The number of rotatable bonds is 6. The molecule has 0 aliphatic heterocycles. The van der Waals surface area contributed by atoms with E-state index in [1.807, 2.05) is 0 Å². The summed E-state index contributed by atoms with van der Waals surface area (Å²) in [4.78, 5) is 25.8. The van der Waals surface area contributed by atoms with Crippen molar-refractivity contribution in [3.63, 3.8) is 0 Å². The molecule has 0 bridgehead atoms. The molecule has 0 radical (unpaired) electrons. The molecule has 102 valence electrons. The lowest BCUT2D eigenvalue weighted by molar-refractivity contribution is 0.110. The molecule has 0 atom stereocenters. The van der Waals surface area contributed by atoms with Crippen molar-refractivity contribution < 1.29 is 19.4 Å². The second-order valence-electron chi connectivity index (χ2n) is 4.10. The Kier molecular flexibility index (Phi) is 4.57. The van der Waals surface area contributed by atoms with Crippen LogP contribution in [0.15, 0.2) is 36.4 Å². The lowest BCUT2D eigenvalue weighted by Crippen LogP contribution is -2.02. The van der Waals surface area contributed by atoms with Gasteiger partial charge < -0.3 is 9.84 Å². The van der Waals surface area contributed by atoms with Crippen molar-refractivity contribution in [1.29, 1.82) is 0 Å². The van der Waals surface area contributed by atoms with Crippen LogP contribution in [0, 0.1) is 0 Å². The highest BCUT2D eigenvalue weighted by Gasteiger charge is 2.06. The summed E-state index contributed by atoms with van der Waals surface area (Å²) < 4.78 is 5.52. The first-order chi connectivity index (χ1) is 9.76. The monoisotopic (exact) mass is 271 g/mol. The van der Waals surface area contributed by atoms with Gasteiger partial charge in [0, 0.05) is 5.56 Å². The lowest BCUT2D eigenvalue weighted by Gasteiger charge is -2.09. The molecule has 0 unspecified atom stereocenters. The Hall–Kier alpha value is -2.53. The number of hydrogen-bond donors (Lipinski definition) is 1. The first-order valence-corrected chi connectivity index (χ1v) is 5.99. The van der Waals surface area contributed by atoms with Gasteiger partial charge >= 0.3 is 0 Å². The van der Waals surface area contributed by atoms with E-state index in [4.69, 9.17) is 9.84 Å². The number of ether oxygens (including phenoxy) is 1. The standard InChI is InChI=1S/C15H13NO4/c17-7-11-4-5-12(8-18)15(6-11)20-10-14-3-1-2-13(9-19)16-14/h1-8,19H,9-10H2. The van der Waals surface area contributed by atoms with Gasteiger partial charge in [-0.3, -0.25) is 14.6 Å². The SMILES string of the molecule is O=Cc1ccc(C=O)c(OCc2cccc(CO)n2)c1. The van der Waals surface area contributed by atoms with Crippen LogP contribution in [0.2, 0.25) is 0 Å². The number of nitrogens with zero attached hydrogens (tertiary/aromatic N) is 1. The van der Waals surface area contributed by atoms with E-state index < -0.39 is 0 Å². The molecule has 1 heterocycles. The molecule has 5 nitrogen and oxygen atoms in total. The number of benzene rings is 1. The van der Waals surface area contributed by atoms with Crippen LogP contribution in [-0.2, 0) is 13.2 Å². The summed E-state index contributed by atoms with van der Waals surface area (Å²) in [6.07, 6.45) is 1.35. The summed E-state index contributed by atoms with van der Waals surface area (Å²) in [5.41, 5.74) is 1.98. The summed E-state index contributed by atoms with van der Waals surface area (Å²) in [6, 6.07) is 9.81. The molecule has 2 aromatic rings. The van der Waals surface area contributed by atoms with E-state index in [1.165, 1.54) is 12.1 Å². The van der Waals surface area contributed by atoms with Gasteiger partial charge in [0.1, 0.15) is 18.6 Å². The highest BCUT2D eigenvalue weighted by Crippen LogP contribution is 2.19. The van der Waals surface area contributed by atoms with Crippen molar-refractivity contribution >= 4 is 12.6 Å². The Balaban J connectivity index is 2.16. The highest BCUT2D eigenvalue weighted by molar-refractivity contribution is 5.83. The second kappa shape index (κ2) is 6.58. The molecule has 0 saturated carbocycles. The molecule has 5 heteroatoms. The van der Waals surface area contributed by atoms with Gasteiger partial charge in [0.25, 0.3) is 0 Å². The number of aromatic nitrogens is 1. The van der Waals surface area contributed by atoms with Crippen molar-refractivity contribution in [3.8, 4) is 5.75 Å². The second-order valence-corrected chi connectivity index (χ2v) is 4.10. The van der Waals surface area contributed by atoms with E-state index in [-0.39, 0.29) is 13.2 Å². The molecule has 2 rings (SSSR count). The van der Waals surface area contributed by atoms with Crippen molar-refractivity contribution in [3.05, 3.63) is 58.9 Å². The van der Waals surface area contributed by atoms with Gasteiger partial charge in [0.15, 0.2) is 6.29 Å². The largest absolute Gasteiger partial charge is 0.487 e. The number of pyridine rings is 1. The predicted molar refractivity (Wildman–Crippen MR) is 71.7 cm³/mol. The molecule has 0 fully saturated rings. The molecule has 20 heavy (non-hydrogen) atoms. The van der Waals surface area contributed by atoms with Crippen molar-refractivity contribution in [1.82, 2.24) is 4.98 Å². The van der Waals surface area contributed by atoms with Crippen LogP contribution in [0.5, 0.6) is 5.75 Å². The van der Waals surface area contributed by atoms with E-state index in [0.717, 1.165) is 0 Å². The van der Waals surface area contributed by atoms with Gasteiger partial charge in [-0.05, 0) is 24.3 Å². The van der Waals surface area contributed by atoms with E-state index in [0.29, 0.717) is 40.8 Å². The Labute approximate surface area is 115 Å². The molecule has 0 aliphatic carbocycles. The minimum Gasteiger partial charge on any atom is -0.487 e. The average Bonchev–Trinajstić information content (AvgIpc) is 2.52. The zero-order valence-corrected chi connectivity index (χ0v) is 10.7. The average molecular weight is 271 g/mol. The zero-order valence-electron chi connectivity index (χ0n) is 10.7. The molecular formula is C15H13NO4. The molecule has 1 N–H and O–H groups in total. The van der Waals surface area contributed by atoms with Crippen LogP contribution in [0.1, 0.15) is 32.1 Å². The van der Waals surface area contributed by atoms with Crippen molar-refractivity contribution in [2.45, 2.75) is 13.2 Å². The fourth-order valence-electron chi connectivity index (χ4n) is 1.70. The van der Waals surface area contributed by atoms with Gasteiger partial charge in [0.2, 0.25) is 0 Å². The lowest BCUT2D eigenvalue weighted by atomic mass is 10.1. The summed E-state index contributed by atoms with van der Waals surface area (Å²) in [6.45, 7) is 0.00501. The molecular weight excluding hydrogens is 258 g/mol. The third-order valence-electron chi connectivity index (χ3n) is 2.70. The summed E-state index contributed by atoms with van der Waals surface area (Å²) in [5, 5.41) is 9.01. The van der Waals surface area contributed by atoms with E-state index in [9.17, 15) is 9.59 Å². The number of aliphatic hydroxyl groups excluding tert-OH is 1. The Morgan fingerprint density at radius 1 is 1.10 bits per heavy atom. The summed E-state index contributed by atoms with van der Waals surface area (Å²) in [5.74, 6) is 0.334. The van der Waals surface area contributed by atoms with E-state index in [2.05, 4.69) is 4.98 Å². The van der Waals surface area contributed by atoms with Crippen LogP contribution in [0.3, 0.4) is 0 Å². The molecule has 0 saturated heterocycles. The normalized spacial score (nSPS) is 10.1. The predicted octanol–water partition coefficient (Wildman–Crippen LogP) is 1.78. The maximum atomic E-state index is 10.9. The van der Waals surface area contributed by atoms with Crippen LogP contribution >= 0.6 is 0 Å². The fourth-order valence-corrected chi connectivity index (χ4v) is 1.70. The number of aldehydes is 2. The number of carbonyl (C=O) groups excluding carboxylic acids is 2. The zero-order chi connectivity index (χ0) is 14.4. The first kappa shape index (κ1) is 13.9. The van der Waals surface area contributed by atoms with E-state index in [1.54, 1.807) is 24.3 Å². The van der Waals surface area contributed by atoms with Gasteiger partial charge in [-0.25, -0.2) is 0 Å². The van der Waals surface area contributed by atoms with Crippen LogP contribution in [0.4, 0.5) is 0 Å². The maximum Gasteiger partial charge on any atom is 0.153 e. The van der Waals surface area contributed by atoms with Crippen molar-refractivity contribution in [2.75, 3.05) is 0 Å². The quantitative estimate of drug-likeness (QED) is 0.810. The third kappa shape index (κ3) is 3.27. The number of hydrogen-bond acceptors (Lipinski definition) is 5. The van der Waals surface area contributed by atoms with Crippen LogP contribution in [-0.4, -0.2) is 22.7 Å². The summed E-state index contributed by atoms with van der Waals surface area (Å²) in [7, 11) is 0.